The van der Waals surface area contributed by atoms with E-state index < -0.39 is 0 Å². The maximum absolute atomic E-state index is 11.9. The summed E-state index contributed by atoms with van der Waals surface area (Å²) in [5.74, 6) is 4.42. The fourth-order valence-corrected chi connectivity index (χ4v) is 3.78. The average molecular weight is 376 g/mol. The van der Waals surface area contributed by atoms with Crippen molar-refractivity contribution in [1.29, 1.82) is 0 Å². The van der Waals surface area contributed by atoms with E-state index in [1.807, 2.05) is 6.92 Å². The molecule has 2 aromatic rings. The van der Waals surface area contributed by atoms with Gasteiger partial charge in [0.05, 0.1) is 6.61 Å². The fourth-order valence-electron chi connectivity index (χ4n) is 2.86. The molecule has 0 radical (unpaired) electrons. The van der Waals surface area contributed by atoms with Gasteiger partial charge < -0.3 is 19.3 Å². The van der Waals surface area contributed by atoms with Crippen LogP contribution < -0.4 is 14.8 Å². The monoisotopic (exact) mass is 376 g/mol. The number of thioether (sulfide) groups is 1. The van der Waals surface area contributed by atoms with Gasteiger partial charge in [-0.2, -0.15) is 11.8 Å². The molecule has 6 nitrogen and oxygen atoms in total. The summed E-state index contributed by atoms with van der Waals surface area (Å²) in [5, 5.41) is 6.49. The molecular formula is C19H24N2O4S. The van der Waals surface area contributed by atoms with E-state index in [0.717, 1.165) is 29.2 Å². The van der Waals surface area contributed by atoms with Gasteiger partial charge in [0.1, 0.15) is 23.4 Å². The Kier molecular flexibility index (Phi) is 6.08. The molecule has 1 N–H and O–H groups in total. The van der Waals surface area contributed by atoms with Gasteiger partial charge in [-0.25, -0.2) is 0 Å². The number of rotatable bonds is 8. The fraction of sp³-hybridized carbons (Fsp3) is 0.474. The summed E-state index contributed by atoms with van der Waals surface area (Å²) >= 11 is 1.70. The van der Waals surface area contributed by atoms with E-state index in [-0.39, 0.29) is 12.0 Å². The number of ether oxygens (including phenoxy) is 2. The molecular weight excluding hydrogens is 352 g/mol. The number of benzene rings is 1. The summed E-state index contributed by atoms with van der Waals surface area (Å²) < 4.78 is 16.6. The summed E-state index contributed by atoms with van der Waals surface area (Å²) in [7, 11) is 0. The van der Waals surface area contributed by atoms with E-state index in [1.54, 1.807) is 24.8 Å². The van der Waals surface area contributed by atoms with Crippen LogP contribution in [0.25, 0.3) is 0 Å². The summed E-state index contributed by atoms with van der Waals surface area (Å²) in [6.07, 6.45) is 1.55. The maximum Gasteiger partial charge on any atom is 0.226 e. The molecule has 0 fully saturated rings. The van der Waals surface area contributed by atoms with Gasteiger partial charge in [0.25, 0.3) is 0 Å². The predicted molar refractivity (Wildman–Crippen MR) is 102 cm³/mol. The lowest BCUT2D eigenvalue weighted by Gasteiger charge is -2.12. The first-order valence-corrected chi connectivity index (χ1v) is 9.96. The molecule has 7 heteroatoms. The molecule has 1 amide bonds. The molecule has 0 aliphatic carbocycles. The third-order valence-electron chi connectivity index (χ3n) is 4.01. The quantitative estimate of drug-likeness (QED) is 0.703. The molecule has 1 aromatic carbocycles. The first-order valence-electron chi connectivity index (χ1n) is 8.81. The second kappa shape index (κ2) is 8.49. The molecule has 140 valence electrons. The van der Waals surface area contributed by atoms with Crippen LogP contribution in [0, 0.1) is 6.92 Å². The molecule has 26 heavy (non-hydrogen) atoms. The van der Waals surface area contributed by atoms with Crippen LogP contribution in [0.3, 0.4) is 0 Å². The van der Waals surface area contributed by atoms with Gasteiger partial charge in [0.2, 0.25) is 5.91 Å². The smallest absolute Gasteiger partial charge is 0.226 e. The highest BCUT2D eigenvalue weighted by atomic mass is 32.2. The van der Waals surface area contributed by atoms with Crippen LogP contribution >= 0.6 is 11.8 Å². The number of aryl methyl sites for hydroxylation is 1. The van der Waals surface area contributed by atoms with Gasteiger partial charge >= 0.3 is 0 Å². The molecule has 1 aliphatic rings. The molecule has 1 aromatic heterocycles. The van der Waals surface area contributed by atoms with Crippen LogP contribution in [0.4, 0.5) is 5.82 Å². The van der Waals surface area contributed by atoms with Crippen molar-refractivity contribution < 1.29 is 18.8 Å². The van der Waals surface area contributed by atoms with Crippen molar-refractivity contribution in [2.75, 3.05) is 17.7 Å². The van der Waals surface area contributed by atoms with Crippen LogP contribution in [0.15, 0.2) is 22.7 Å². The van der Waals surface area contributed by atoms with E-state index in [4.69, 9.17) is 14.0 Å². The average Bonchev–Trinajstić information content (AvgIpc) is 3.15. The van der Waals surface area contributed by atoms with Crippen molar-refractivity contribution in [3.63, 3.8) is 0 Å². The van der Waals surface area contributed by atoms with Crippen molar-refractivity contribution in [3.05, 3.63) is 35.1 Å². The van der Waals surface area contributed by atoms with Crippen molar-refractivity contribution >= 4 is 23.5 Å². The minimum Gasteiger partial charge on any atom is -0.494 e. The minimum absolute atomic E-state index is 0.0676. The zero-order valence-corrected chi connectivity index (χ0v) is 16.1. The topological polar surface area (TPSA) is 73.6 Å². The highest BCUT2D eigenvalue weighted by molar-refractivity contribution is 7.98. The van der Waals surface area contributed by atoms with Gasteiger partial charge in [-0.3, -0.25) is 4.79 Å². The zero-order valence-electron chi connectivity index (χ0n) is 15.3. The summed E-state index contributed by atoms with van der Waals surface area (Å²) in [6.45, 7) is 6.48. The number of hydrogen-bond acceptors (Lipinski definition) is 6. The first kappa shape index (κ1) is 18.6. The summed E-state index contributed by atoms with van der Waals surface area (Å²) in [4.78, 5) is 11.9. The molecule has 0 spiro atoms. The van der Waals surface area contributed by atoms with Crippen LogP contribution in [0.2, 0.25) is 0 Å². The second-order valence-corrected chi connectivity index (χ2v) is 7.41. The van der Waals surface area contributed by atoms with E-state index in [2.05, 4.69) is 29.5 Å². The van der Waals surface area contributed by atoms with Crippen LogP contribution in [0.5, 0.6) is 11.5 Å². The number of aromatic nitrogens is 1. The first-order chi connectivity index (χ1) is 12.5. The number of hydrogen-bond donors (Lipinski definition) is 1. The number of carbonyl (C=O) groups is 1. The van der Waals surface area contributed by atoms with Crippen LogP contribution in [-0.4, -0.2) is 29.5 Å². The lowest BCUT2D eigenvalue weighted by molar-refractivity contribution is -0.115. The Hall–Kier alpha value is -2.15. The second-order valence-electron chi connectivity index (χ2n) is 6.31. The lowest BCUT2D eigenvalue weighted by Crippen LogP contribution is -2.12. The van der Waals surface area contributed by atoms with Gasteiger partial charge in [0, 0.05) is 41.5 Å². The molecule has 1 aliphatic heterocycles. The number of fused-ring (bicyclic) bond motifs is 1. The molecule has 0 bridgehead atoms. The number of nitrogens with one attached hydrogen (secondary N) is 1. The number of nitrogens with zero attached hydrogens (tertiary/aromatic N) is 1. The van der Waals surface area contributed by atoms with E-state index in [1.165, 1.54) is 5.56 Å². The highest BCUT2D eigenvalue weighted by Crippen LogP contribution is 2.36. The predicted octanol–water partition coefficient (Wildman–Crippen LogP) is 3.97. The molecule has 1 unspecified atom stereocenters. The lowest BCUT2D eigenvalue weighted by atomic mass is 10.1. The van der Waals surface area contributed by atoms with Crippen LogP contribution in [-0.2, 0) is 17.0 Å². The zero-order chi connectivity index (χ0) is 18.5. The van der Waals surface area contributed by atoms with E-state index in [0.29, 0.717) is 30.4 Å². The van der Waals surface area contributed by atoms with Crippen molar-refractivity contribution in [3.8, 4) is 11.5 Å². The van der Waals surface area contributed by atoms with Crippen LogP contribution in [0.1, 0.15) is 37.2 Å². The third kappa shape index (κ3) is 4.72. The van der Waals surface area contributed by atoms with Gasteiger partial charge in [-0.1, -0.05) is 5.16 Å². The SMILES string of the molecule is CCOc1cc2c(cc1CSCCC(=O)Nc1cc(C)on1)OC(C)C2. The van der Waals surface area contributed by atoms with Gasteiger partial charge in [0.15, 0.2) is 5.82 Å². The van der Waals surface area contributed by atoms with Crippen molar-refractivity contribution in [1.82, 2.24) is 5.16 Å². The Morgan fingerprint density at radius 3 is 3.00 bits per heavy atom. The Labute approximate surface area is 157 Å². The Bertz CT molecular complexity index is 775. The van der Waals surface area contributed by atoms with E-state index in [9.17, 15) is 4.79 Å². The highest BCUT2D eigenvalue weighted by Gasteiger charge is 2.21. The standard InChI is InChI=1S/C19H24N2O4S/c1-4-23-16-9-14-7-12(2)24-17(14)10-15(16)11-26-6-5-19(22)20-18-8-13(3)25-21-18/h8-10,12H,4-7,11H2,1-3H3,(H,20,21,22). The number of amides is 1. The minimum atomic E-state index is -0.0676. The number of anilines is 1. The summed E-state index contributed by atoms with van der Waals surface area (Å²) in [5.41, 5.74) is 2.31. The number of carbonyl (C=O) groups excluding carboxylic acids is 1. The molecule has 3 rings (SSSR count). The third-order valence-corrected chi connectivity index (χ3v) is 5.01. The van der Waals surface area contributed by atoms with E-state index >= 15 is 0 Å². The maximum atomic E-state index is 11.9. The van der Waals surface area contributed by atoms with Gasteiger partial charge in [-0.15, -0.1) is 0 Å². The summed E-state index contributed by atoms with van der Waals surface area (Å²) in [6, 6.07) is 5.87. The van der Waals surface area contributed by atoms with Gasteiger partial charge in [-0.05, 0) is 32.9 Å². The van der Waals surface area contributed by atoms with Crippen molar-refractivity contribution in [2.45, 2.75) is 45.5 Å². The van der Waals surface area contributed by atoms with Crippen molar-refractivity contribution in [2.24, 2.45) is 0 Å². The Morgan fingerprint density at radius 2 is 2.27 bits per heavy atom. The normalized spacial score (nSPS) is 15.4. The Morgan fingerprint density at radius 1 is 1.42 bits per heavy atom. The molecule has 2 heterocycles. The Balaban J connectivity index is 1.51. The molecule has 0 saturated carbocycles. The molecule has 1 atom stereocenters. The molecule has 0 saturated heterocycles. The largest absolute Gasteiger partial charge is 0.494 e.